The van der Waals surface area contributed by atoms with Crippen LogP contribution in [-0.4, -0.2) is 15.9 Å². The lowest BCUT2D eigenvalue weighted by molar-refractivity contribution is 0.0950. The van der Waals surface area contributed by atoms with Crippen LogP contribution in [0.5, 0.6) is 0 Å². The molecule has 2 heterocycles. The summed E-state index contributed by atoms with van der Waals surface area (Å²) in [6.45, 7) is 0.457. The number of anilines is 2. The normalized spacial score (nSPS) is 10.2. The summed E-state index contributed by atoms with van der Waals surface area (Å²) in [5.74, 6) is 0.513. The second-order valence-corrected chi connectivity index (χ2v) is 5.93. The summed E-state index contributed by atoms with van der Waals surface area (Å²) in [6, 6.07) is 15.0. The summed E-state index contributed by atoms with van der Waals surface area (Å²) in [5.41, 5.74) is 2.43. The van der Waals surface area contributed by atoms with Gasteiger partial charge in [0.1, 0.15) is 5.82 Å². The SMILES string of the molecule is O=C(NCc1ccncc1)c1ccc(Nc2ccccc2Br)nc1. The van der Waals surface area contributed by atoms with Gasteiger partial charge in [-0.2, -0.15) is 0 Å². The number of hydrogen-bond donors (Lipinski definition) is 2. The van der Waals surface area contributed by atoms with Crippen LogP contribution in [0.15, 0.2) is 71.6 Å². The number of benzene rings is 1. The maximum atomic E-state index is 12.1. The van der Waals surface area contributed by atoms with Crippen molar-refractivity contribution in [3.63, 3.8) is 0 Å². The molecule has 0 spiro atoms. The number of pyridine rings is 2. The number of carbonyl (C=O) groups excluding carboxylic acids is 1. The zero-order valence-electron chi connectivity index (χ0n) is 12.7. The van der Waals surface area contributed by atoms with Crippen LogP contribution >= 0.6 is 15.9 Å². The molecule has 1 aromatic carbocycles. The Morgan fingerprint density at radius 3 is 2.54 bits per heavy atom. The van der Waals surface area contributed by atoms with Crippen molar-refractivity contribution in [1.82, 2.24) is 15.3 Å². The molecule has 3 aromatic rings. The number of hydrogen-bond acceptors (Lipinski definition) is 4. The molecule has 0 radical (unpaired) electrons. The van der Waals surface area contributed by atoms with Crippen molar-refractivity contribution in [1.29, 1.82) is 0 Å². The first-order valence-electron chi connectivity index (χ1n) is 7.37. The zero-order valence-corrected chi connectivity index (χ0v) is 14.3. The Kier molecular flexibility index (Phi) is 5.18. The highest BCUT2D eigenvalue weighted by molar-refractivity contribution is 9.10. The summed E-state index contributed by atoms with van der Waals surface area (Å²) in [5, 5.41) is 6.06. The molecule has 0 aliphatic heterocycles. The first-order chi connectivity index (χ1) is 11.7. The summed E-state index contributed by atoms with van der Waals surface area (Å²) in [7, 11) is 0. The topological polar surface area (TPSA) is 66.9 Å². The number of amides is 1. The molecule has 0 atom stereocenters. The van der Waals surface area contributed by atoms with Crippen molar-refractivity contribution in [2.45, 2.75) is 6.54 Å². The van der Waals surface area contributed by atoms with Gasteiger partial charge >= 0.3 is 0 Å². The van der Waals surface area contributed by atoms with Crippen molar-refractivity contribution < 1.29 is 4.79 Å². The summed E-state index contributed by atoms with van der Waals surface area (Å²) in [6.07, 6.45) is 4.96. The van der Waals surface area contributed by atoms with E-state index in [2.05, 4.69) is 36.5 Å². The van der Waals surface area contributed by atoms with Gasteiger partial charge in [0, 0.05) is 29.6 Å². The molecule has 24 heavy (non-hydrogen) atoms. The first-order valence-corrected chi connectivity index (χ1v) is 8.16. The van der Waals surface area contributed by atoms with Gasteiger partial charge in [-0.05, 0) is 57.9 Å². The van der Waals surface area contributed by atoms with E-state index < -0.39 is 0 Å². The van der Waals surface area contributed by atoms with Crippen LogP contribution in [0.25, 0.3) is 0 Å². The Hall–Kier alpha value is -2.73. The molecular formula is C18H15BrN4O. The molecule has 2 aromatic heterocycles. The molecule has 0 bridgehead atoms. The van der Waals surface area contributed by atoms with Gasteiger partial charge in [0.25, 0.3) is 5.91 Å². The predicted octanol–water partition coefficient (Wildman–Crippen LogP) is 3.91. The van der Waals surface area contributed by atoms with Crippen molar-refractivity contribution >= 4 is 33.3 Å². The minimum Gasteiger partial charge on any atom is -0.348 e. The number of nitrogens with zero attached hydrogens (tertiary/aromatic N) is 2. The molecule has 1 amide bonds. The van der Waals surface area contributed by atoms with Crippen LogP contribution in [-0.2, 0) is 6.54 Å². The first kappa shape index (κ1) is 16.1. The van der Waals surface area contributed by atoms with E-state index in [9.17, 15) is 4.79 Å². The highest BCUT2D eigenvalue weighted by atomic mass is 79.9. The highest BCUT2D eigenvalue weighted by Crippen LogP contribution is 2.24. The van der Waals surface area contributed by atoms with E-state index in [-0.39, 0.29) is 5.91 Å². The van der Waals surface area contributed by atoms with Gasteiger partial charge in [-0.3, -0.25) is 9.78 Å². The van der Waals surface area contributed by atoms with E-state index in [0.29, 0.717) is 17.9 Å². The number of halogens is 1. The summed E-state index contributed by atoms with van der Waals surface area (Å²) < 4.78 is 0.950. The lowest BCUT2D eigenvalue weighted by Crippen LogP contribution is -2.22. The number of carbonyl (C=O) groups is 1. The number of para-hydroxylation sites is 1. The predicted molar refractivity (Wildman–Crippen MR) is 97.1 cm³/mol. The van der Waals surface area contributed by atoms with Gasteiger partial charge in [-0.15, -0.1) is 0 Å². The Bertz CT molecular complexity index is 822. The third-order valence-corrected chi connectivity index (χ3v) is 4.06. The molecule has 6 heteroatoms. The van der Waals surface area contributed by atoms with Crippen LogP contribution in [0.2, 0.25) is 0 Å². The third kappa shape index (κ3) is 4.17. The second kappa shape index (κ2) is 7.70. The van der Waals surface area contributed by atoms with Crippen LogP contribution in [0.1, 0.15) is 15.9 Å². The molecule has 0 aliphatic rings. The van der Waals surface area contributed by atoms with Gasteiger partial charge in [0.05, 0.1) is 11.3 Å². The van der Waals surface area contributed by atoms with Crippen LogP contribution < -0.4 is 10.6 Å². The minimum atomic E-state index is -0.160. The molecule has 2 N–H and O–H groups in total. The van der Waals surface area contributed by atoms with Crippen LogP contribution in [0.4, 0.5) is 11.5 Å². The number of aromatic nitrogens is 2. The molecule has 0 fully saturated rings. The molecule has 5 nitrogen and oxygen atoms in total. The minimum absolute atomic E-state index is 0.160. The second-order valence-electron chi connectivity index (χ2n) is 5.08. The lowest BCUT2D eigenvalue weighted by atomic mass is 10.2. The fourth-order valence-corrected chi connectivity index (χ4v) is 2.47. The zero-order chi connectivity index (χ0) is 16.8. The van der Waals surface area contributed by atoms with Gasteiger partial charge in [0.2, 0.25) is 0 Å². The Morgan fingerprint density at radius 2 is 1.83 bits per heavy atom. The highest BCUT2D eigenvalue weighted by Gasteiger charge is 2.07. The van der Waals surface area contributed by atoms with Crippen LogP contribution in [0, 0.1) is 0 Å². The van der Waals surface area contributed by atoms with Crippen molar-refractivity contribution in [2.75, 3.05) is 5.32 Å². The smallest absolute Gasteiger partial charge is 0.253 e. The Balaban J connectivity index is 1.61. The standard InChI is InChI=1S/C18H15BrN4O/c19-15-3-1-2-4-16(15)23-17-6-5-14(12-21-17)18(24)22-11-13-7-9-20-10-8-13/h1-10,12H,11H2,(H,21,23)(H,22,24). The average Bonchev–Trinajstić information content (AvgIpc) is 2.63. The molecular weight excluding hydrogens is 368 g/mol. The van der Waals surface area contributed by atoms with Gasteiger partial charge in [-0.1, -0.05) is 12.1 Å². The quantitative estimate of drug-likeness (QED) is 0.701. The van der Waals surface area contributed by atoms with E-state index in [4.69, 9.17) is 0 Å². The molecule has 120 valence electrons. The van der Waals surface area contributed by atoms with Gasteiger partial charge < -0.3 is 10.6 Å². The number of rotatable bonds is 5. The van der Waals surface area contributed by atoms with E-state index in [0.717, 1.165) is 15.7 Å². The maximum Gasteiger partial charge on any atom is 0.253 e. The number of nitrogens with one attached hydrogen (secondary N) is 2. The Labute approximate surface area is 148 Å². The van der Waals surface area contributed by atoms with Crippen molar-refractivity contribution in [3.05, 3.63) is 82.7 Å². The average molecular weight is 383 g/mol. The fraction of sp³-hybridized carbons (Fsp3) is 0.0556. The molecule has 0 saturated carbocycles. The molecule has 0 aliphatic carbocycles. The summed E-state index contributed by atoms with van der Waals surface area (Å²) >= 11 is 3.48. The maximum absolute atomic E-state index is 12.1. The molecule has 3 rings (SSSR count). The van der Waals surface area contributed by atoms with Gasteiger partial charge in [0.15, 0.2) is 0 Å². The third-order valence-electron chi connectivity index (χ3n) is 3.36. The molecule has 0 saturated heterocycles. The van der Waals surface area contributed by atoms with Crippen molar-refractivity contribution in [3.8, 4) is 0 Å². The van der Waals surface area contributed by atoms with E-state index in [1.54, 1.807) is 30.7 Å². The Morgan fingerprint density at radius 1 is 1.04 bits per heavy atom. The molecule has 0 unspecified atom stereocenters. The van der Waals surface area contributed by atoms with E-state index in [1.165, 1.54) is 0 Å². The lowest BCUT2D eigenvalue weighted by Gasteiger charge is -2.09. The summed E-state index contributed by atoms with van der Waals surface area (Å²) in [4.78, 5) is 20.4. The van der Waals surface area contributed by atoms with E-state index in [1.807, 2.05) is 36.4 Å². The van der Waals surface area contributed by atoms with Crippen molar-refractivity contribution in [2.24, 2.45) is 0 Å². The van der Waals surface area contributed by atoms with Gasteiger partial charge in [-0.25, -0.2) is 4.98 Å². The van der Waals surface area contributed by atoms with E-state index >= 15 is 0 Å². The fourth-order valence-electron chi connectivity index (χ4n) is 2.09. The van der Waals surface area contributed by atoms with Crippen LogP contribution in [0.3, 0.4) is 0 Å². The monoisotopic (exact) mass is 382 g/mol. The largest absolute Gasteiger partial charge is 0.348 e.